The van der Waals surface area contributed by atoms with Crippen LogP contribution in [-0.4, -0.2) is 44.0 Å². The number of rotatable bonds is 2. The fourth-order valence-corrected chi connectivity index (χ4v) is 4.67. The van der Waals surface area contributed by atoms with E-state index in [2.05, 4.69) is 11.9 Å². The van der Waals surface area contributed by atoms with E-state index in [-0.39, 0.29) is 6.04 Å². The number of nitrogens with zero attached hydrogens (tertiary/aromatic N) is 1. The van der Waals surface area contributed by atoms with Crippen molar-refractivity contribution in [3.05, 3.63) is 0 Å². The lowest BCUT2D eigenvalue weighted by Gasteiger charge is -2.34. The van der Waals surface area contributed by atoms with E-state index >= 15 is 0 Å². The van der Waals surface area contributed by atoms with E-state index in [1.165, 1.54) is 32.1 Å². The fourth-order valence-electron chi connectivity index (χ4n) is 2.88. The van der Waals surface area contributed by atoms with Crippen LogP contribution in [0.3, 0.4) is 0 Å². The molecule has 1 saturated heterocycles. The van der Waals surface area contributed by atoms with Gasteiger partial charge in [-0.3, -0.25) is 4.90 Å². The molecule has 0 N–H and O–H groups in total. The monoisotopic (exact) mass is 231 g/mol. The van der Waals surface area contributed by atoms with Crippen LogP contribution >= 0.6 is 0 Å². The molecule has 2 aliphatic rings. The first-order valence-electron chi connectivity index (χ1n) is 6.01. The molecule has 0 bridgehead atoms. The lowest BCUT2D eigenvalue weighted by atomic mass is 9.93. The highest BCUT2D eigenvalue weighted by molar-refractivity contribution is 7.91. The van der Waals surface area contributed by atoms with Crippen molar-refractivity contribution < 1.29 is 8.42 Å². The Morgan fingerprint density at radius 2 is 1.67 bits per heavy atom. The Balaban J connectivity index is 1.93. The molecule has 0 unspecified atom stereocenters. The van der Waals surface area contributed by atoms with Crippen molar-refractivity contribution in [3.63, 3.8) is 0 Å². The quantitative estimate of drug-likeness (QED) is 0.721. The standard InChI is InChI=1S/C11H21NO2S/c1-12(10-5-3-2-4-6-10)11-7-8-15(13,14)9-11/h10-11H,2-9H2,1H3/t11-/m0/s1. The van der Waals surface area contributed by atoms with Gasteiger partial charge in [-0.05, 0) is 26.3 Å². The van der Waals surface area contributed by atoms with E-state index in [0.29, 0.717) is 17.5 Å². The molecule has 0 aromatic heterocycles. The molecule has 0 radical (unpaired) electrons. The first kappa shape index (κ1) is 11.4. The molecule has 3 nitrogen and oxygen atoms in total. The van der Waals surface area contributed by atoms with E-state index in [4.69, 9.17) is 0 Å². The summed E-state index contributed by atoms with van der Waals surface area (Å²) in [5.74, 6) is 0.786. The molecule has 1 heterocycles. The molecule has 0 aromatic carbocycles. The first-order valence-corrected chi connectivity index (χ1v) is 7.83. The minimum Gasteiger partial charge on any atom is -0.299 e. The minimum atomic E-state index is -2.72. The summed E-state index contributed by atoms with van der Waals surface area (Å²) in [6, 6.07) is 0.926. The molecule has 2 rings (SSSR count). The predicted molar refractivity (Wildman–Crippen MR) is 61.7 cm³/mol. The average molecular weight is 231 g/mol. The van der Waals surface area contributed by atoms with Gasteiger partial charge < -0.3 is 0 Å². The van der Waals surface area contributed by atoms with Gasteiger partial charge >= 0.3 is 0 Å². The van der Waals surface area contributed by atoms with E-state index in [0.717, 1.165) is 6.42 Å². The molecule has 0 amide bonds. The molecule has 0 spiro atoms. The number of sulfone groups is 1. The van der Waals surface area contributed by atoms with Gasteiger partial charge in [0.1, 0.15) is 0 Å². The van der Waals surface area contributed by atoms with Crippen molar-refractivity contribution in [2.45, 2.75) is 50.6 Å². The summed E-state index contributed by atoms with van der Waals surface area (Å²) in [7, 11) is -0.608. The molecule has 15 heavy (non-hydrogen) atoms. The summed E-state index contributed by atoms with van der Waals surface area (Å²) in [6.07, 6.45) is 7.34. The van der Waals surface area contributed by atoms with Crippen LogP contribution < -0.4 is 0 Å². The molecule has 4 heteroatoms. The predicted octanol–water partition coefficient (Wildman–Crippen LogP) is 1.44. The third-order valence-corrected chi connectivity index (χ3v) is 5.69. The highest BCUT2D eigenvalue weighted by Crippen LogP contribution is 2.26. The molecule has 1 aliphatic carbocycles. The smallest absolute Gasteiger partial charge is 0.151 e. The second-order valence-corrected chi connectivity index (χ2v) is 7.24. The van der Waals surface area contributed by atoms with Gasteiger partial charge in [-0.1, -0.05) is 19.3 Å². The topological polar surface area (TPSA) is 37.4 Å². The Kier molecular flexibility index (Phi) is 3.36. The Morgan fingerprint density at radius 3 is 2.20 bits per heavy atom. The third kappa shape index (κ3) is 2.72. The molecular formula is C11H21NO2S. The highest BCUT2D eigenvalue weighted by atomic mass is 32.2. The summed E-state index contributed by atoms with van der Waals surface area (Å²) >= 11 is 0. The summed E-state index contributed by atoms with van der Waals surface area (Å²) < 4.78 is 22.8. The van der Waals surface area contributed by atoms with Crippen LogP contribution in [0.1, 0.15) is 38.5 Å². The van der Waals surface area contributed by atoms with Gasteiger partial charge in [-0.2, -0.15) is 0 Å². The van der Waals surface area contributed by atoms with E-state index in [9.17, 15) is 8.42 Å². The molecular weight excluding hydrogens is 210 g/mol. The zero-order chi connectivity index (χ0) is 10.9. The van der Waals surface area contributed by atoms with Gasteiger partial charge in [-0.25, -0.2) is 8.42 Å². The van der Waals surface area contributed by atoms with Crippen LogP contribution in [0.4, 0.5) is 0 Å². The molecule has 0 aromatic rings. The summed E-state index contributed by atoms with van der Waals surface area (Å²) in [6.45, 7) is 0. The van der Waals surface area contributed by atoms with Crippen LogP contribution in [0.2, 0.25) is 0 Å². The van der Waals surface area contributed by atoms with Gasteiger partial charge in [0.15, 0.2) is 9.84 Å². The Morgan fingerprint density at radius 1 is 1.00 bits per heavy atom. The van der Waals surface area contributed by atoms with Gasteiger partial charge in [0.25, 0.3) is 0 Å². The van der Waals surface area contributed by atoms with Crippen LogP contribution in [0.15, 0.2) is 0 Å². The Hall–Kier alpha value is -0.0900. The minimum absolute atomic E-state index is 0.290. The van der Waals surface area contributed by atoms with Crippen molar-refractivity contribution in [1.82, 2.24) is 4.90 Å². The zero-order valence-corrected chi connectivity index (χ0v) is 10.3. The van der Waals surface area contributed by atoms with Crippen LogP contribution in [0.25, 0.3) is 0 Å². The zero-order valence-electron chi connectivity index (χ0n) is 9.48. The molecule has 1 saturated carbocycles. The van der Waals surface area contributed by atoms with Crippen molar-refractivity contribution in [3.8, 4) is 0 Å². The first-order chi connectivity index (χ1) is 7.08. The van der Waals surface area contributed by atoms with Crippen LogP contribution in [-0.2, 0) is 9.84 Å². The molecule has 1 atom stereocenters. The second-order valence-electron chi connectivity index (χ2n) is 5.01. The van der Waals surface area contributed by atoms with Crippen molar-refractivity contribution in [1.29, 1.82) is 0 Å². The van der Waals surface area contributed by atoms with Gasteiger partial charge in [0.05, 0.1) is 11.5 Å². The van der Waals surface area contributed by atoms with E-state index in [1.54, 1.807) is 0 Å². The summed E-state index contributed by atoms with van der Waals surface area (Å²) in [5, 5.41) is 0. The lowest BCUT2D eigenvalue weighted by Crippen LogP contribution is -2.41. The number of hydrogen-bond acceptors (Lipinski definition) is 3. The van der Waals surface area contributed by atoms with Crippen molar-refractivity contribution >= 4 is 9.84 Å². The van der Waals surface area contributed by atoms with Gasteiger partial charge in [0, 0.05) is 12.1 Å². The van der Waals surface area contributed by atoms with Gasteiger partial charge in [-0.15, -0.1) is 0 Å². The van der Waals surface area contributed by atoms with E-state index < -0.39 is 9.84 Å². The lowest BCUT2D eigenvalue weighted by molar-refractivity contribution is 0.149. The largest absolute Gasteiger partial charge is 0.299 e. The SMILES string of the molecule is CN(C1CCCCC1)[C@H]1CCS(=O)(=O)C1. The third-order valence-electron chi connectivity index (χ3n) is 3.94. The average Bonchev–Trinajstić information content (AvgIpc) is 2.59. The molecule has 1 aliphatic heterocycles. The van der Waals surface area contributed by atoms with Crippen LogP contribution in [0, 0.1) is 0 Å². The highest BCUT2D eigenvalue weighted by Gasteiger charge is 2.33. The summed E-state index contributed by atoms with van der Waals surface area (Å²) in [4.78, 5) is 2.34. The Bertz CT molecular complexity index is 307. The maximum Gasteiger partial charge on any atom is 0.151 e. The van der Waals surface area contributed by atoms with Crippen LogP contribution in [0.5, 0.6) is 0 Å². The second kappa shape index (κ2) is 4.42. The molecule has 88 valence electrons. The number of hydrogen-bond donors (Lipinski definition) is 0. The van der Waals surface area contributed by atoms with Crippen molar-refractivity contribution in [2.75, 3.05) is 18.6 Å². The normalized spacial score (nSPS) is 32.3. The molecule has 2 fully saturated rings. The summed E-state index contributed by atoms with van der Waals surface area (Å²) in [5.41, 5.74) is 0. The fraction of sp³-hybridized carbons (Fsp3) is 1.00. The van der Waals surface area contributed by atoms with Crippen molar-refractivity contribution in [2.24, 2.45) is 0 Å². The maximum atomic E-state index is 11.4. The maximum absolute atomic E-state index is 11.4. The van der Waals surface area contributed by atoms with Gasteiger partial charge in [0.2, 0.25) is 0 Å². The van der Waals surface area contributed by atoms with E-state index in [1.807, 2.05) is 0 Å². The Labute approximate surface area is 92.8 Å².